The van der Waals surface area contributed by atoms with Crippen molar-refractivity contribution >= 4 is 0 Å². The lowest BCUT2D eigenvalue weighted by Crippen LogP contribution is -2.11. The summed E-state index contributed by atoms with van der Waals surface area (Å²) in [6, 6.07) is 2.39. The molecule has 2 nitrogen and oxygen atoms in total. The van der Waals surface area contributed by atoms with Crippen LogP contribution < -0.4 is 0 Å². The number of nitrogens with zero attached hydrogens (tertiary/aromatic N) is 2. The van der Waals surface area contributed by atoms with Crippen molar-refractivity contribution < 1.29 is 0 Å². The number of hydrogen-bond acceptors (Lipinski definition) is 0. The zero-order valence-electron chi connectivity index (χ0n) is 17.9. The number of hydrogen-bond donors (Lipinski definition) is 0. The van der Waals surface area contributed by atoms with Crippen molar-refractivity contribution in [3.8, 4) is 0 Å². The second-order valence-corrected chi connectivity index (χ2v) is 8.40. The lowest BCUT2D eigenvalue weighted by atomic mass is 9.96. The lowest BCUT2D eigenvalue weighted by Gasteiger charge is -2.18. The molecule has 140 valence electrons. The first-order valence-electron chi connectivity index (χ1n) is 10.0. The Hall–Kier alpha value is -1.44. The van der Waals surface area contributed by atoms with E-state index in [0.29, 0.717) is 17.8 Å². The van der Waals surface area contributed by atoms with Gasteiger partial charge in [-0.05, 0) is 67.2 Å². The summed E-state index contributed by atoms with van der Waals surface area (Å²) >= 11 is 0. The van der Waals surface area contributed by atoms with Crippen molar-refractivity contribution in [2.75, 3.05) is 0 Å². The van der Waals surface area contributed by atoms with Gasteiger partial charge in [0.1, 0.15) is 0 Å². The first-order valence-corrected chi connectivity index (χ1v) is 10.0. The molecule has 2 heterocycles. The van der Waals surface area contributed by atoms with Crippen molar-refractivity contribution in [2.24, 2.45) is 7.05 Å². The van der Waals surface area contributed by atoms with Gasteiger partial charge in [0.25, 0.3) is 0 Å². The molecule has 0 saturated heterocycles. The first-order chi connectivity index (χ1) is 11.7. The van der Waals surface area contributed by atoms with Crippen LogP contribution in [-0.2, 0) is 20.0 Å². The fourth-order valence-corrected chi connectivity index (χ4v) is 4.63. The molecule has 2 aromatic heterocycles. The topological polar surface area (TPSA) is 9.86 Å². The van der Waals surface area contributed by atoms with Crippen LogP contribution in [0, 0.1) is 13.8 Å². The second-order valence-electron chi connectivity index (χ2n) is 8.40. The minimum atomic E-state index is 0.572. The summed E-state index contributed by atoms with van der Waals surface area (Å²) in [7, 11) is 2.19. The SMILES string of the molecule is CCc1cc(C(C)CCn2c(C)c(C(C)C)c(C)c2C(C)C)n(C)c1. The summed E-state index contributed by atoms with van der Waals surface area (Å²) < 4.78 is 4.93. The molecule has 0 N–H and O–H groups in total. The highest BCUT2D eigenvalue weighted by Crippen LogP contribution is 2.34. The average molecular weight is 343 g/mol. The first kappa shape index (κ1) is 19.9. The van der Waals surface area contributed by atoms with Gasteiger partial charge in [0.05, 0.1) is 0 Å². The van der Waals surface area contributed by atoms with E-state index >= 15 is 0 Å². The van der Waals surface area contributed by atoms with E-state index in [1.165, 1.54) is 34.6 Å². The fourth-order valence-electron chi connectivity index (χ4n) is 4.63. The second kappa shape index (κ2) is 7.85. The molecule has 0 aliphatic carbocycles. The average Bonchev–Trinajstić information content (AvgIpc) is 3.02. The zero-order valence-corrected chi connectivity index (χ0v) is 17.9. The predicted molar refractivity (Wildman–Crippen MR) is 110 cm³/mol. The Morgan fingerprint density at radius 1 is 1.00 bits per heavy atom. The summed E-state index contributed by atoms with van der Waals surface area (Å²) in [5, 5.41) is 0. The van der Waals surface area contributed by atoms with Crippen molar-refractivity contribution in [2.45, 2.75) is 92.5 Å². The van der Waals surface area contributed by atoms with Crippen LogP contribution in [0.15, 0.2) is 12.3 Å². The standard InChI is InChI=1S/C23H38N2/c1-10-20-13-21(24(9)14-20)17(6)11-12-25-19(8)22(15(2)3)18(7)23(25)16(4)5/h13-17H,10-12H2,1-9H3. The molecule has 0 aromatic carbocycles. The minimum absolute atomic E-state index is 0.572. The van der Waals surface area contributed by atoms with E-state index in [9.17, 15) is 0 Å². The quantitative estimate of drug-likeness (QED) is 0.547. The molecule has 0 aliphatic heterocycles. The highest BCUT2D eigenvalue weighted by atomic mass is 15.0. The van der Waals surface area contributed by atoms with Crippen molar-refractivity contribution in [3.05, 3.63) is 46.0 Å². The van der Waals surface area contributed by atoms with Crippen LogP contribution in [0.5, 0.6) is 0 Å². The van der Waals surface area contributed by atoms with E-state index in [0.717, 1.165) is 13.0 Å². The van der Waals surface area contributed by atoms with E-state index in [1.54, 1.807) is 5.56 Å². The monoisotopic (exact) mass is 342 g/mol. The third-order valence-electron chi connectivity index (χ3n) is 5.80. The van der Waals surface area contributed by atoms with E-state index in [2.05, 4.69) is 83.8 Å². The molecule has 2 rings (SSSR count). The van der Waals surface area contributed by atoms with Crippen LogP contribution in [-0.4, -0.2) is 9.13 Å². The predicted octanol–water partition coefficient (Wildman–Crippen LogP) is 6.45. The van der Waals surface area contributed by atoms with Crippen LogP contribution in [0.3, 0.4) is 0 Å². The smallest absolute Gasteiger partial charge is 0.0235 e. The molecule has 0 amide bonds. The molecule has 1 atom stereocenters. The third-order valence-corrected chi connectivity index (χ3v) is 5.80. The van der Waals surface area contributed by atoms with Gasteiger partial charge in [0.15, 0.2) is 0 Å². The van der Waals surface area contributed by atoms with Gasteiger partial charge in [-0.2, -0.15) is 0 Å². The number of rotatable bonds is 7. The maximum absolute atomic E-state index is 2.61. The van der Waals surface area contributed by atoms with Gasteiger partial charge >= 0.3 is 0 Å². The third kappa shape index (κ3) is 3.88. The van der Waals surface area contributed by atoms with E-state index in [-0.39, 0.29) is 0 Å². The molecule has 25 heavy (non-hydrogen) atoms. The summed E-state index contributed by atoms with van der Waals surface area (Å²) in [6.07, 6.45) is 4.59. The van der Waals surface area contributed by atoms with Gasteiger partial charge in [0, 0.05) is 36.9 Å². The highest BCUT2D eigenvalue weighted by Gasteiger charge is 2.21. The van der Waals surface area contributed by atoms with Crippen LogP contribution in [0.2, 0.25) is 0 Å². The normalized spacial score (nSPS) is 13.2. The van der Waals surface area contributed by atoms with Gasteiger partial charge in [-0.1, -0.05) is 41.5 Å². The van der Waals surface area contributed by atoms with Gasteiger partial charge in [-0.25, -0.2) is 0 Å². The molecule has 2 aromatic rings. The van der Waals surface area contributed by atoms with Crippen LogP contribution >= 0.6 is 0 Å². The van der Waals surface area contributed by atoms with E-state index < -0.39 is 0 Å². The molecular weight excluding hydrogens is 304 g/mol. The molecule has 2 heteroatoms. The van der Waals surface area contributed by atoms with Gasteiger partial charge in [-0.15, -0.1) is 0 Å². The zero-order chi connectivity index (χ0) is 18.9. The van der Waals surface area contributed by atoms with Crippen LogP contribution in [0.1, 0.15) is 99.5 Å². The number of aromatic nitrogens is 2. The van der Waals surface area contributed by atoms with Gasteiger partial charge < -0.3 is 9.13 Å². The molecule has 0 spiro atoms. The number of aryl methyl sites for hydroxylation is 2. The molecule has 0 aliphatic rings. The lowest BCUT2D eigenvalue weighted by molar-refractivity contribution is 0.527. The Morgan fingerprint density at radius 2 is 1.64 bits per heavy atom. The molecular formula is C23H38N2. The summed E-state index contributed by atoms with van der Waals surface area (Å²) in [4.78, 5) is 0. The van der Waals surface area contributed by atoms with Crippen LogP contribution in [0.25, 0.3) is 0 Å². The maximum atomic E-state index is 2.61. The summed E-state index contributed by atoms with van der Waals surface area (Å²) in [5.41, 5.74) is 9.00. The van der Waals surface area contributed by atoms with Crippen molar-refractivity contribution in [3.63, 3.8) is 0 Å². The fraction of sp³-hybridized carbons (Fsp3) is 0.652. The highest BCUT2D eigenvalue weighted by molar-refractivity contribution is 5.41. The Labute approximate surface area is 155 Å². The van der Waals surface area contributed by atoms with Gasteiger partial charge in [0.2, 0.25) is 0 Å². The van der Waals surface area contributed by atoms with E-state index in [1.807, 2.05) is 0 Å². The molecule has 0 radical (unpaired) electrons. The largest absolute Gasteiger partial charge is 0.354 e. The maximum Gasteiger partial charge on any atom is 0.0235 e. The Bertz CT molecular complexity index is 713. The molecule has 0 bridgehead atoms. The summed E-state index contributed by atoms with van der Waals surface area (Å²) in [5.74, 6) is 1.74. The Kier molecular flexibility index (Phi) is 6.24. The van der Waals surface area contributed by atoms with Crippen LogP contribution in [0.4, 0.5) is 0 Å². The van der Waals surface area contributed by atoms with Crippen molar-refractivity contribution in [1.29, 1.82) is 0 Å². The molecule has 0 fully saturated rings. The van der Waals surface area contributed by atoms with Gasteiger partial charge in [-0.3, -0.25) is 0 Å². The van der Waals surface area contributed by atoms with E-state index in [4.69, 9.17) is 0 Å². The molecule has 0 saturated carbocycles. The Morgan fingerprint density at radius 3 is 2.12 bits per heavy atom. The minimum Gasteiger partial charge on any atom is -0.354 e. The van der Waals surface area contributed by atoms with Crippen molar-refractivity contribution in [1.82, 2.24) is 9.13 Å². The Balaban J connectivity index is 2.28. The summed E-state index contributed by atoms with van der Waals surface area (Å²) in [6.45, 7) is 19.7. The molecule has 1 unspecified atom stereocenters.